The molecule has 2 amide bonds. The van der Waals surface area contributed by atoms with Crippen LogP contribution >= 0.6 is 11.6 Å². The number of fused-ring (bicyclic) bond motifs is 1. The number of anilines is 2. The lowest BCUT2D eigenvalue weighted by Crippen LogP contribution is -2.41. The Morgan fingerprint density at radius 3 is 2.77 bits per heavy atom. The molecule has 8 heteroatoms. The first-order valence-corrected chi connectivity index (χ1v) is 12.2. The van der Waals surface area contributed by atoms with Gasteiger partial charge in [0.2, 0.25) is 11.8 Å². The fraction of sp³-hybridized carbons (Fsp3) is 0.370. The van der Waals surface area contributed by atoms with Crippen LogP contribution in [0.15, 0.2) is 55.0 Å². The molecule has 182 valence electrons. The summed E-state index contributed by atoms with van der Waals surface area (Å²) in [5.41, 5.74) is 4.27. The quantitative estimate of drug-likeness (QED) is 0.571. The Morgan fingerprint density at radius 1 is 1.23 bits per heavy atom. The topological polar surface area (TPSA) is 78.7 Å². The monoisotopic (exact) mass is 492 g/mol. The minimum atomic E-state index is -0.553. The Bertz CT molecular complexity index is 1290. The molecule has 7 nitrogen and oxygen atoms in total. The van der Waals surface area contributed by atoms with Gasteiger partial charge >= 0.3 is 0 Å². The maximum Gasteiger partial charge on any atom is 0.232 e. The van der Waals surface area contributed by atoms with E-state index in [1.54, 1.807) is 34.3 Å². The summed E-state index contributed by atoms with van der Waals surface area (Å²) >= 11 is 6.11. The molecule has 1 saturated heterocycles. The number of aromatic nitrogens is 2. The van der Waals surface area contributed by atoms with Crippen LogP contribution in [0.5, 0.6) is 0 Å². The number of rotatable bonds is 6. The number of imidazole rings is 1. The van der Waals surface area contributed by atoms with Gasteiger partial charge in [0.05, 0.1) is 18.9 Å². The van der Waals surface area contributed by atoms with E-state index in [-0.39, 0.29) is 24.8 Å². The molecule has 1 fully saturated rings. The molecule has 2 aromatic carbocycles. The molecule has 35 heavy (non-hydrogen) atoms. The predicted octanol–water partition coefficient (Wildman–Crippen LogP) is 3.51. The van der Waals surface area contributed by atoms with Gasteiger partial charge < -0.3 is 19.5 Å². The number of amides is 2. The van der Waals surface area contributed by atoms with Gasteiger partial charge in [0.15, 0.2) is 0 Å². The highest BCUT2D eigenvalue weighted by Crippen LogP contribution is 2.42. The molecule has 1 N–H and O–H groups in total. The summed E-state index contributed by atoms with van der Waals surface area (Å²) in [6.07, 6.45) is 5.54. The van der Waals surface area contributed by atoms with Crippen molar-refractivity contribution in [3.63, 3.8) is 0 Å². The van der Waals surface area contributed by atoms with E-state index in [4.69, 9.17) is 11.6 Å². The highest BCUT2D eigenvalue weighted by molar-refractivity contribution is 6.31. The number of aryl methyl sites for hydroxylation is 3. The maximum atomic E-state index is 13.6. The first kappa shape index (κ1) is 23.6. The van der Waals surface area contributed by atoms with Gasteiger partial charge in [-0.1, -0.05) is 36.7 Å². The number of hydrogen-bond acceptors (Lipinski definition) is 4. The SMILES string of the molecule is Cn1cncc1CCc1ccc2c(c1)C(C)(CO)CN2C(=O)[C@H]1CC(=O)N(c2cccc(Cl)c2)C1. The second-order valence-corrected chi connectivity index (χ2v) is 10.3. The molecule has 3 aromatic rings. The summed E-state index contributed by atoms with van der Waals surface area (Å²) < 4.78 is 2.02. The van der Waals surface area contributed by atoms with Crippen LogP contribution in [0.1, 0.15) is 30.2 Å². The van der Waals surface area contributed by atoms with Gasteiger partial charge in [-0.05, 0) is 48.2 Å². The molecule has 0 bridgehead atoms. The number of nitrogens with zero attached hydrogens (tertiary/aromatic N) is 4. The normalized spacial score (nSPS) is 21.6. The van der Waals surface area contributed by atoms with E-state index >= 15 is 0 Å². The largest absolute Gasteiger partial charge is 0.395 e. The van der Waals surface area contributed by atoms with Crippen LogP contribution in [0.4, 0.5) is 11.4 Å². The molecule has 2 atom stereocenters. The van der Waals surface area contributed by atoms with E-state index in [0.29, 0.717) is 23.8 Å². The number of hydrogen-bond donors (Lipinski definition) is 1. The highest BCUT2D eigenvalue weighted by atomic mass is 35.5. The standard InChI is InChI=1S/C27H29ClN4O3/c1-27(16-33)15-32(24-9-7-18(10-23(24)27)6-8-22-13-29-17-30(22)2)26(35)19-11-25(34)31(14-19)21-5-3-4-20(28)12-21/h3-5,7,9-10,12-13,17,19,33H,6,8,11,14-16H2,1-2H3/t19-,27?/m0/s1. The minimum absolute atomic E-state index is 0.0623. The third kappa shape index (κ3) is 4.34. The van der Waals surface area contributed by atoms with Crippen LogP contribution in [0.2, 0.25) is 5.02 Å². The zero-order valence-electron chi connectivity index (χ0n) is 19.9. The molecule has 2 aliphatic heterocycles. The van der Waals surface area contributed by atoms with E-state index in [1.807, 2.05) is 36.9 Å². The molecular formula is C27H29ClN4O3. The smallest absolute Gasteiger partial charge is 0.232 e. The molecular weight excluding hydrogens is 464 g/mol. The van der Waals surface area contributed by atoms with Crippen molar-refractivity contribution in [1.82, 2.24) is 9.55 Å². The van der Waals surface area contributed by atoms with Gasteiger partial charge in [0, 0.05) is 60.3 Å². The Hall–Kier alpha value is -3.16. The first-order chi connectivity index (χ1) is 16.8. The van der Waals surface area contributed by atoms with Gasteiger partial charge in [-0.2, -0.15) is 0 Å². The first-order valence-electron chi connectivity index (χ1n) is 11.9. The van der Waals surface area contributed by atoms with Crippen molar-refractivity contribution in [2.45, 2.75) is 31.6 Å². The number of aliphatic hydroxyl groups is 1. The van der Waals surface area contributed by atoms with Gasteiger partial charge in [0.1, 0.15) is 0 Å². The fourth-order valence-electron chi connectivity index (χ4n) is 5.19. The summed E-state index contributed by atoms with van der Waals surface area (Å²) in [7, 11) is 1.98. The molecule has 3 heterocycles. The number of carbonyl (C=O) groups is 2. The second kappa shape index (κ2) is 9.13. The molecule has 1 aromatic heterocycles. The molecule has 0 spiro atoms. The van der Waals surface area contributed by atoms with Gasteiger partial charge in [-0.15, -0.1) is 0 Å². The molecule has 0 radical (unpaired) electrons. The van der Waals surface area contributed by atoms with Crippen molar-refractivity contribution in [3.05, 3.63) is 76.8 Å². The Labute approximate surface area is 209 Å². The Balaban J connectivity index is 1.36. The molecule has 1 unspecified atom stereocenters. The summed E-state index contributed by atoms with van der Waals surface area (Å²) in [6.45, 7) is 2.64. The van der Waals surface area contributed by atoms with Crippen molar-refractivity contribution in [2.75, 3.05) is 29.5 Å². The summed E-state index contributed by atoms with van der Waals surface area (Å²) in [5.74, 6) is -0.607. The lowest BCUT2D eigenvalue weighted by molar-refractivity contribution is -0.124. The third-order valence-corrected chi connectivity index (χ3v) is 7.54. The van der Waals surface area contributed by atoms with Crippen molar-refractivity contribution >= 4 is 34.8 Å². The summed E-state index contributed by atoms with van der Waals surface area (Å²) in [5, 5.41) is 10.8. The number of carbonyl (C=O) groups excluding carboxylic acids is 2. The Kier molecular flexibility index (Phi) is 6.15. The molecule has 2 aliphatic rings. The number of aliphatic hydroxyl groups excluding tert-OH is 1. The van der Waals surface area contributed by atoms with E-state index in [9.17, 15) is 14.7 Å². The Morgan fingerprint density at radius 2 is 2.06 bits per heavy atom. The van der Waals surface area contributed by atoms with Crippen molar-refractivity contribution in [1.29, 1.82) is 0 Å². The fourth-order valence-corrected chi connectivity index (χ4v) is 5.38. The van der Waals surface area contributed by atoms with Crippen LogP contribution < -0.4 is 9.80 Å². The lowest BCUT2D eigenvalue weighted by Gasteiger charge is -2.25. The van der Waals surface area contributed by atoms with Crippen LogP contribution in [-0.2, 0) is 34.9 Å². The van der Waals surface area contributed by atoms with E-state index in [1.165, 1.54) is 0 Å². The van der Waals surface area contributed by atoms with Crippen molar-refractivity contribution in [2.24, 2.45) is 13.0 Å². The van der Waals surface area contributed by atoms with E-state index in [2.05, 4.69) is 17.1 Å². The average molecular weight is 493 g/mol. The summed E-state index contributed by atoms with van der Waals surface area (Å²) in [6, 6.07) is 13.3. The van der Waals surface area contributed by atoms with Crippen LogP contribution in [-0.4, -0.2) is 46.2 Å². The zero-order chi connectivity index (χ0) is 24.7. The maximum absolute atomic E-state index is 13.6. The molecule has 0 saturated carbocycles. The van der Waals surface area contributed by atoms with E-state index in [0.717, 1.165) is 35.3 Å². The molecule has 0 aliphatic carbocycles. The van der Waals surface area contributed by atoms with Crippen LogP contribution in [0.3, 0.4) is 0 Å². The van der Waals surface area contributed by atoms with Gasteiger partial charge in [0.25, 0.3) is 0 Å². The zero-order valence-corrected chi connectivity index (χ0v) is 20.7. The highest BCUT2D eigenvalue weighted by Gasteiger charge is 2.45. The van der Waals surface area contributed by atoms with Crippen molar-refractivity contribution < 1.29 is 14.7 Å². The summed E-state index contributed by atoms with van der Waals surface area (Å²) in [4.78, 5) is 34.0. The van der Waals surface area contributed by atoms with Gasteiger partial charge in [-0.25, -0.2) is 4.98 Å². The third-order valence-electron chi connectivity index (χ3n) is 7.30. The van der Waals surface area contributed by atoms with Crippen LogP contribution in [0, 0.1) is 5.92 Å². The van der Waals surface area contributed by atoms with Crippen molar-refractivity contribution in [3.8, 4) is 0 Å². The number of halogens is 1. The predicted molar refractivity (Wildman–Crippen MR) is 136 cm³/mol. The minimum Gasteiger partial charge on any atom is -0.395 e. The average Bonchev–Trinajstić information content (AvgIpc) is 3.53. The van der Waals surface area contributed by atoms with Gasteiger partial charge in [-0.3, -0.25) is 9.59 Å². The second-order valence-electron chi connectivity index (χ2n) is 9.88. The van der Waals surface area contributed by atoms with Crippen LogP contribution in [0.25, 0.3) is 0 Å². The molecule has 5 rings (SSSR count). The van der Waals surface area contributed by atoms with E-state index < -0.39 is 11.3 Å². The number of benzene rings is 2. The lowest BCUT2D eigenvalue weighted by atomic mass is 9.84.